The predicted octanol–water partition coefficient (Wildman–Crippen LogP) is 1.64. The Morgan fingerprint density at radius 2 is 2.12 bits per heavy atom. The Morgan fingerprint density at radius 3 is 2.84 bits per heavy atom. The quantitative estimate of drug-likeness (QED) is 0.442. The van der Waals surface area contributed by atoms with Gasteiger partial charge in [0, 0.05) is 23.7 Å². The van der Waals surface area contributed by atoms with Gasteiger partial charge < -0.3 is 20.5 Å². The van der Waals surface area contributed by atoms with Crippen molar-refractivity contribution < 1.29 is 10.3 Å². The van der Waals surface area contributed by atoms with Gasteiger partial charge in [-0.2, -0.15) is 0 Å². The molecule has 5 nitrogen and oxygen atoms in total. The Hall–Kier alpha value is -2.11. The predicted molar refractivity (Wildman–Crippen MR) is 99.6 cm³/mol. The Morgan fingerprint density at radius 1 is 1.36 bits per heavy atom. The average Bonchev–Trinajstić information content (AvgIpc) is 2.96. The number of rotatable bonds is 2. The maximum absolute atomic E-state index is 13.4. The van der Waals surface area contributed by atoms with Crippen LogP contribution in [0.25, 0.3) is 22.2 Å². The molecule has 0 spiro atoms. The van der Waals surface area contributed by atoms with Crippen LogP contribution in [0.15, 0.2) is 29.4 Å². The first-order valence-electron chi connectivity index (χ1n) is 9.06. The molecule has 2 heterocycles. The van der Waals surface area contributed by atoms with Crippen LogP contribution in [0.1, 0.15) is 46.5 Å². The van der Waals surface area contributed by atoms with E-state index >= 15 is 0 Å². The number of aromatic amines is 1. The van der Waals surface area contributed by atoms with Crippen LogP contribution < -0.4 is 15.6 Å². The summed E-state index contributed by atoms with van der Waals surface area (Å²) >= 11 is 0. The molecule has 2 aliphatic rings. The molecule has 2 unspecified atom stereocenters. The molecule has 5 heteroatoms. The number of oxime groups is 1. The summed E-state index contributed by atoms with van der Waals surface area (Å²) in [5, 5.41) is 30.0. The number of hydroxylamine groups is 2. The standard InChI is InChI=1S/C20H25N3O2/c1-4-7-15-17-12-8-5-6-9-13(12)21-19(17)18-14(22-24)10-20(2,3)11-16(18)23(15)25/h5-6,8-9,16,21,23-24H,4,7,10-11H2,1-3H3. The molecule has 2 atom stereocenters. The molecule has 1 aliphatic heterocycles. The summed E-state index contributed by atoms with van der Waals surface area (Å²) in [6.45, 7) is 6.39. The van der Waals surface area contributed by atoms with E-state index in [0.717, 1.165) is 52.0 Å². The number of benzene rings is 1. The SMILES string of the molecule is CCCC1=c2c([nH]c3ccccc23)=C2C(=NO)CC(C)(C)CC2[NH+]1[O-]. The first-order valence-corrected chi connectivity index (χ1v) is 9.06. The van der Waals surface area contributed by atoms with Crippen LogP contribution in [0.5, 0.6) is 0 Å². The van der Waals surface area contributed by atoms with Crippen molar-refractivity contribution in [1.82, 2.24) is 4.98 Å². The molecule has 0 bridgehead atoms. The fourth-order valence-electron chi connectivity index (χ4n) is 4.60. The molecule has 3 N–H and O–H groups in total. The average molecular weight is 339 g/mol. The molecular weight excluding hydrogens is 314 g/mol. The van der Waals surface area contributed by atoms with Crippen LogP contribution in [0.2, 0.25) is 0 Å². The van der Waals surface area contributed by atoms with E-state index in [9.17, 15) is 10.4 Å². The number of para-hydroxylation sites is 1. The molecule has 1 fully saturated rings. The lowest BCUT2D eigenvalue weighted by Crippen LogP contribution is -3.11. The minimum atomic E-state index is -0.211. The second-order valence-electron chi connectivity index (χ2n) is 8.07. The van der Waals surface area contributed by atoms with Crippen molar-refractivity contribution >= 4 is 27.9 Å². The Balaban J connectivity index is 2.15. The van der Waals surface area contributed by atoms with Gasteiger partial charge in [0.2, 0.25) is 0 Å². The Bertz CT molecular complexity index is 984. The molecule has 0 amide bonds. The fraction of sp³-hybridized carbons (Fsp3) is 0.450. The van der Waals surface area contributed by atoms with E-state index in [1.165, 1.54) is 0 Å². The first kappa shape index (κ1) is 16.4. The number of hydrogen-bond acceptors (Lipinski definition) is 3. The highest BCUT2D eigenvalue weighted by molar-refractivity contribution is 6.20. The molecule has 1 aliphatic carbocycles. The number of fused-ring (bicyclic) bond motifs is 4. The molecule has 0 saturated heterocycles. The van der Waals surface area contributed by atoms with Crippen LogP contribution in [0.3, 0.4) is 0 Å². The van der Waals surface area contributed by atoms with Crippen molar-refractivity contribution in [2.45, 2.75) is 52.5 Å². The van der Waals surface area contributed by atoms with Crippen LogP contribution in [0, 0.1) is 10.6 Å². The normalized spacial score (nSPS) is 26.8. The fourth-order valence-corrected chi connectivity index (χ4v) is 4.60. The summed E-state index contributed by atoms with van der Waals surface area (Å²) in [5.41, 5.74) is 3.46. The van der Waals surface area contributed by atoms with Gasteiger partial charge in [-0.05, 0) is 24.3 Å². The van der Waals surface area contributed by atoms with Gasteiger partial charge in [-0.1, -0.05) is 44.1 Å². The lowest BCUT2D eigenvalue weighted by atomic mass is 9.70. The largest absolute Gasteiger partial charge is 0.629 e. The van der Waals surface area contributed by atoms with Crippen LogP contribution in [-0.2, 0) is 0 Å². The van der Waals surface area contributed by atoms with Gasteiger partial charge in [0.25, 0.3) is 0 Å². The maximum atomic E-state index is 13.4. The van der Waals surface area contributed by atoms with Gasteiger partial charge in [-0.15, -0.1) is 0 Å². The highest BCUT2D eigenvalue weighted by Crippen LogP contribution is 2.36. The second kappa shape index (κ2) is 5.71. The zero-order valence-corrected chi connectivity index (χ0v) is 15.0. The summed E-state index contributed by atoms with van der Waals surface area (Å²) in [4.78, 5) is 3.51. The Labute approximate surface area is 146 Å². The molecule has 0 radical (unpaired) electrons. The molecule has 132 valence electrons. The monoisotopic (exact) mass is 339 g/mol. The third kappa shape index (κ3) is 2.41. The van der Waals surface area contributed by atoms with E-state index in [1.54, 1.807) is 0 Å². The van der Waals surface area contributed by atoms with E-state index in [1.807, 2.05) is 18.2 Å². The van der Waals surface area contributed by atoms with E-state index in [4.69, 9.17) is 0 Å². The molecular formula is C20H25N3O2. The summed E-state index contributed by atoms with van der Waals surface area (Å²) in [6.07, 6.45) is 3.19. The van der Waals surface area contributed by atoms with Crippen molar-refractivity contribution in [3.8, 4) is 0 Å². The lowest BCUT2D eigenvalue weighted by molar-refractivity contribution is -0.794. The highest BCUT2D eigenvalue weighted by Gasteiger charge is 2.43. The summed E-state index contributed by atoms with van der Waals surface area (Å²) in [6, 6.07) is 7.90. The van der Waals surface area contributed by atoms with Gasteiger partial charge in [-0.3, -0.25) is 0 Å². The number of hydrogen-bond donors (Lipinski definition) is 3. The van der Waals surface area contributed by atoms with Crippen molar-refractivity contribution in [3.63, 3.8) is 0 Å². The minimum absolute atomic E-state index is 0.0494. The van der Waals surface area contributed by atoms with Crippen LogP contribution in [-0.4, -0.2) is 21.9 Å². The third-order valence-electron chi connectivity index (χ3n) is 5.57. The highest BCUT2D eigenvalue weighted by atomic mass is 16.5. The molecule has 25 heavy (non-hydrogen) atoms. The number of aromatic nitrogens is 1. The summed E-state index contributed by atoms with van der Waals surface area (Å²) in [5.74, 6) is 0. The summed E-state index contributed by atoms with van der Waals surface area (Å²) in [7, 11) is 0. The third-order valence-corrected chi connectivity index (χ3v) is 5.57. The molecule has 4 rings (SSSR count). The van der Waals surface area contributed by atoms with Crippen LogP contribution >= 0.6 is 0 Å². The lowest BCUT2D eigenvalue weighted by Gasteiger charge is -2.44. The zero-order chi connectivity index (χ0) is 17.8. The topological polar surface area (TPSA) is 75.9 Å². The molecule has 1 aromatic carbocycles. The first-order chi connectivity index (χ1) is 12.0. The van der Waals surface area contributed by atoms with Gasteiger partial charge in [0.05, 0.1) is 21.9 Å². The van der Waals surface area contributed by atoms with Gasteiger partial charge >= 0.3 is 0 Å². The van der Waals surface area contributed by atoms with E-state index < -0.39 is 0 Å². The van der Waals surface area contributed by atoms with Crippen molar-refractivity contribution in [2.75, 3.05) is 0 Å². The van der Waals surface area contributed by atoms with Gasteiger partial charge in [0.15, 0.2) is 0 Å². The van der Waals surface area contributed by atoms with Crippen molar-refractivity contribution in [2.24, 2.45) is 10.6 Å². The molecule has 2 aromatic rings. The van der Waals surface area contributed by atoms with E-state index in [0.29, 0.717) is 12.1 Å². The second-order valence-corrected chi connectivity index (χ2v) is 8.07. The van der Waals surface area contributed by atoms with Crippen LogP contribution in [0.4, 0.5) is 0 Å². The number of quaternary nitrogens is 1. The van der Waals surface area contributed by atoms with E-state index in [2.05, 4.69) is 37.0 Å². The molecule has 1 saturated carbocycles. The number of nitrogens with zero attached hydrogens (tertiary/aromatic N) is 1. The Kier molecular flexibility index (Phi) is 3.74. The van der Waals surface area contributed by atoms with Crippen molar-refractivity contribution in [3.05, 3.63) is 40.0 Å². The maximum Gasteiger partial charge on any atom is 0.122 e. The smallest absolute Gasteiger partial charge is 0.122 e. The number of nitrogens with one attached hydrogen (secondary N) is 2. The minimum Gasteiger partial charge on any atom is -0.629 e. The molecule has 1 aromatic heterocycles. The number of H-pyrrole nitrogens is 1. The van der Waals surface area contributed by atoms with Gasteiger partial charge in [0.1, 0.15) is 11.7 Å². The van der Waals surface area contributed by atoms with Gasteiger partial charge in [-0.25, -0.2) is 0 Å². The van der Waals surface area contributed by atoms with Crippen molar-refractivity contribution in [1.29, 1.82) is 0 Å². The van der Waals surface area contributed by atoms with E-state index in [-0.39, 0.29) is 16.5 Å². The summed E-state index contributed by atoms with van der Waals surface area (Å²) < 4.78 is 0. The zero-order valence-electron chi connectivity index (χ0n) is 15.0.